The van der Waals surface area contributed by atoms with Gasteiger partial charge in [0.25, 0.3) is 0 Å². The lowest BCUT2D eigenvalue weighted by Crippen LogP contribution is -2.68. The molecule has 1 aliphatic heterocycles. The largest absolute Gasteiger partial charge is 0.340 e. The summed E-state index contributed by atoms with van der Waals surface area (Å²) in [6, 6.07) is -0.310. The van der Waals surface area contributed by atoms with Crippen molar-refractivity contribution >= 4 is 23.6 Å². The van der Waals surface area contributed by atoms with Gasteiger partial charge in [-0.2, -0.15) is 11.8 Å². The van der Waals surface area contributed by atoms with Crippen molar-refractivity contribution in [2.45, 2.75) is 69.9 Å². The molecule has 1 spiro atoms. The third-order valence-electron chi connectivity index (χ3n) is 4.83. The van der Waals surface area contributed by atoms with Crippen LogP contribution in [0, 0.1) is 0 Å². The Bertz CT molecular complexity index is 380. The van der Waals surface area contributed by atoms with Gasteiger partial charge in [0.1, 0.15) is 11.6 Å². The number of rotatable bonds is 7. The van der Waals surface area contributed by atoms with E-state index in [4.69, 9.17) is 0 Å². The van der Waals surface area contributed by atoms with Crippen molar-refractivity contribution in [3.05, 3.63) is 0 Å². The van der Waals surface area contributed by atoms with E-state index in [9.17, 15) is 9.59 Å². The van der Waals surface area contributed by atoms with E-state index < -0.39 is 5.54 Å². The van der Waals surface area contributed by atoms with Crippen LogP contribution in [0.5, 0.6) is 0 Å². The molecule has 1 saturated carbocycles. The fourth-order valence-corrected chi connectivity index (χ4v) is 3.97. The van der Waals surface area contributed by atoms with Gasteiger partial charge in [-0.25, -0.2) is 0 Å². The van der Waals surface area contributed by atoms with Crippen LogP contribution in [0.4, 0.5) is 0 Å². The molecule has 2 rings (SSSR count). The van der Waals surface area contributed by atoms with Crippen LogP contribution in [-0.4, -0.2) is 46.8 Å². The monoisotopic (exact) mass is 312 g/mol. The van der Waals surface area contributed by atoms with Gasteiger partial charge in [0.15, 0.2) is 0 Å². The summed E-state index contributed by atoms with van der Waals surface area (Å²) in [5, 5.41) is 3.01. The number of thioether (sulfide) groups is 1. The summed E-state index contributed by atoms with van der Waals surface area (Å²) in [7, 11) is 0. The zero-order valence-electron chi connectivity index (χ0n) is 13.3. The van der Waals surface area contributed by atoms with Gasteiger partial charge in [-0.05, 0) is 44.6 Å². The Morgan fingerprint density at radius 1 is 1.19 bits per heavy atom. The summed E-state index contributed by atoms with van der Waals surface area (Å²) in [4.78, 5) is 26.8. The maximum absolute atomic E-state index is 12.8. The van der Waals surface area contributed by atoms with Crippen LogP contribution in [0.3, 0.4) is 0 Å². The number of unbranched alkanes of at least 4 members (excludes halogenated alkanes) is 3. The van der Waals surface area contributed by atoms with Gasteiger partial charge < -0.3 is 10.2 Å². The zero-order valence-corrected chi connectivity index (χ0v) is 14.1. The van der Waals surface area contributed by atoms with E-state index in [-0.39, 0.29) is 17.9 Å². The van der Waals surface area contributed by atoms with E-state index in [0.29, 0.717) is 0 Å². The van der Waals surface area contributed by atoms with Gasteiger partial charge in [0.05, 0.1) is 0 Å². The molecule has 2 fully saturated rings. The molecule has 4 nitrogen and oxygen atoms in total. The molecule has 120 valence electrons. The molecule has 2 amide bonds. The number of hydrogen-bond donors (Lipinski definition) is 1. The molecule has 0 radical (unpaired) electrons. The van der Waals surface area contributed by atoms with Crippen molar-refractivity contribution in [2.75, 3.05) is 18.6 Å². The summed E-state index contributed by atoms with van der Waals surface area (Å²) in [6.07, 6.45) is 10.5. The molecule has 1 unspecified atom stereocenters. The van der Waals surface area contributed by atoms with Crippen molar-refractivity contribution in [1.82, 2.24) is 10.2 Å². The predicted octanol–water partition coefficient (Wildman–Crippen LogP) is 2.57. The quantitative estimate of drug-likeness (QED) is 0.735. The topological polar surface area (TPSA) is 49.4 Å². The van der Waals surface area contributed by atoms with Crippen molar-refractivity contribution < 1.29 is 9.59 Å². The highest BCUT2D eigenvalue weighted by Crippen LogP contribution is 2.34. The number of amides is 2. The van der Waals surface area contributed by atoms with Gasteiger partial charge in [-0.3, -0.25) is 9.59 Å². The van der Waals surface area contributed by atoms with Crippen LogP contribution in [0.2, 0.25) is 0 Å². The average molecular weight is 312 g/mol. The molecule has 1 saturated heterocycles. The first kappa shape index (κ1) is 16.7. The molecular formula is C16H28N2O2S. The van der Waals surface area contributed by atoms with Crippen LogP contribution in [0.15, 0.2) is 0 Å². The summed E-state index contributed by atoms with van der Waals surface area (Å²) < 4.78 is 0. The van der Waals surface area contributed by atoms with E-state index in [1.165, 1.54) is 18.6 Å². The molecule has 0 aromatic heterocycles. The average Bonchev–Trinajstić information content (AvgIpc) is 2.93. The first-order chi connectivity index (χ1) is 10.1. The maximum atomic E-state index is 12.8. The van der Waals surface area contributed by atoms with Crippen molar-refractivity contribution in [2.24, 2.45) is 0 Å². The lowest BCUT2D eigenvalue weighted by atomic mass is 9.91. The van der Waals surface area contributed by atoms with E-state index in [1.54, 1.807) is 0 Å². The minimum absolute atomic E-state index is 0.0267. The summed E-state index contributed by atoms with van der Waals surface area (Å²) in [6.45, 7) is 2.58. The fourth-order valence-electron chi connectivity index (χ4n) is 3.48. The number of carbonyl (C=O) groups excluding carboxylic acids is 2. The Morgan fingerprint density at radius 3 is 2.52 bits per heavy atom. The lowest BCUT2D eigenvalue weighted by molar-refractivity contribution is -0.154. The zero-order chi connectivity index (χ0) is 15.3. The summed E-state index contributed by atoms with van der Waals surface area (Å²) in [5.41, 5.74) is -0.567. The summed E-state index contributed by atoms with van der Waals surface area (Å²) >= 11 is 1.88. The minimum atomic E-state index is -0.567. The second-order valence-electron chi connectivity index (χ2n) is 6.36. The number of nitrogens with zero attached hydrogens (tertiary/aromatic N) is 1. The second-order valence-corrected chi connectivity index (χ2v) is 7.35. The molecule has 1 N–H and O–H groups in total. The van der Waals surface area contributed by atoms with Crippen LogP contribution < -0.4 is 5.32 Å². The number of nitrogens with one attached hydrogen (secondary N) is 1. The van der Waals surface area contributed by atoms with Crippen LogP contribution in [0.1, 0.15) is 58.3 Å². The standard InChI is InChI=1S/C16H28N2O2S/c1-13-14(19)17-16(9-5-6-10-16)15(20)18(13)11-7-3-4-8-12-21-2/h13H,3-12H2,1-2H3,(H,17,19). The molecule has 2 aliphatic rings. The van der Waals surface area contributed by atoms with Gasteiger partial charge in [0, 0.05) is 6.54 Å². The van der Waals surface area contributed by atoms with E-state index in [2.05, 4.69) is 11.6 Å². The Morgan fingerprint density at radius 2 is 1.86 bits per heavy atom. The van der Waals surface area contributed by atoms with E-state index in [0.717, 1.165) is 45.1 Å². The Hall–Kier alpha value is -0.710. The molecule has 0 aromatic carbocycles. The first-order valence-electron chi connectivity index (χ1n) is 8.23. The molecule has 1 heterocycles. The molecule has 21 heavy (non-hydrogen) atoms. The lowest BCUT2D eigenvalue weighted by Gasteiger charge is -2.43. The summed E-state index contributed by atoms with van der Waals surface area (Å²) in [5.74, 6) is 1.40. The molecule has 1 aliphatic carbocycles. The third-order valence-corrected chi connectivity index (χ3v) is 5.53. The van der Waals surface area contributed by atoms with Gasteiger partial charge in [0.2, 0.25) is 11.8 Å². The van der Waals surface area contributed by atoms with Crippen molar-refractivity contribution in [1.29, 1.82) is 0 Å². The SMILES string of the molecule is CSCCCCCCN1C(=O)C2(CCCC2)NC(=O)C1C. The van der Waals surface area contributed by atoms with E-state index >= 15 is 0 Å². The van der Waals surface area contributed by atoms with Crippen molar-refractivity contribution in [3.8, 4) is 0 Å². The smallest absolute Gasteiger partial charge is 0.248 e. The normalized spacial score (nSPS) is 24.7. The predicted molar refractivity (Wildman–Crippen MR) is 87.4 cm³/mol. The molecule has 0 bridgehead atoms. The highest BCUT2D eigenvalue weighted by molar-refractivity contribution is 7.98. The van der Waals surface area contributed by atoms with E-state index in [1.807, 2.05) is 23.6 Å². The number of hydrogen-bond acceptors (Lipinski definition) is 3. The molecule has 5 heteroatoms. The second kappa shape index (κ2) is 7.52. The van der Waals surface area contributed by atoms with Crippen molar-refractivity contribution in [3.63, 3.8) is 0 Å². The minimum Gasteiger partial charge on any atom is -0.340 e. The highest BCUT2D eigenvalue weighted by Gasteiger charge is 2.50. The highest BCUT2D eigenvalue weighted by atomic mass is 32.2. The maximum Gasteiger partial charge on any atom is 0.248 e. The first-order valence-corrected chi connectivity index (χ1v) is 9.62. The van der Waals surface area contributed by atoms with Crippen LogP contribution in [-0.2, 0) is 9.59 Å². The van der Waals surface area contributed by atoms with Gasteiger partial charge in [-0.15, -0.1) is 0 Å². The Balaban J connectivity index is 1.87. The fraction of sp³-hybridized carbons (Fsp3) is 0.875. The third kappa shape index (κ3) is 3.74. The van der Waals surface area contributed by atoms with Gasteiger partial charge >= 0.3 is 0 Å². The molecule has 0 aromatic rings. The Labute approximate surface area is 132 Å². The van der Waals surface area contributed by atoms with Gasteiger partial charge in [-0.1, -0.05) is 25.7 Å². The molecule has 1 atom stereocenters. The van der Waals surface area contributed by atoms with Crippen LogP contribution in [0.25, 0.3) is 0 Å². The molecular weight excluding hydrogens is 284 g/mol. The Kier molecular flexibility index (Phi) is 5.97. The van der Waals surface area contributed by atoms with Crippen LogP contribution >= 0.6 is 11.8 Å². The number of carbonyl (C=O) groups is 2. The number of piperazine rings is 1.